The average molecular weight is 548 g/mol. The third-order valence-corrected chi connectivity index (χ3v) is 6.94. The first-order valence-corrected chi connectivity index (χ1v) is 13.0. The zero-order valence-electron chi connectivity index (χ0n) is 22.0. The number of nitrogens with zero attached hydrogens (tertiary/aromatic N) is 3. The number of aryl methyl sites for hydroxylation is 1. The molecule has 2 aliphatic rings. The number of nitrogens with one attached hydrogen (secondary N) is 2. The molecule has 208 valence electrons. The molecule has 3 aromatic carbocycles. The van der Waals surface area contributed by atoms with Crippen molar-refractivity contribution in [3.8, 4) is 0 Å². The summed E-state index contributed by atoms with van der Waals surface area (Å²) < 4.78 is 14.4. The molecule has 2 heterocycles. The van der Waals surface area contributed by atoms with Crippen LogP contribution in [0.25, 0.3) is 0 Å². The van der Waals surface area contributed by atoms with Crippen LogP contribution in [0, 0.1) is 12.7 Å². The highest BCUT2D eigenvalue weighted by atomic mass is 19.1. The molecule has 5 rings (SSSR count). The van der Waals surface area contributed by atoms with E-state index in [9.17, 15) is 23.9 Å². The Balaban J connectivity index is 1.26. The first-order valence-electron chi connectivity index (χ1n) is 13.0. The van der Waals surface area contributed by atoms with E-state index in [1.807, 2.05) is 31.2 Å². The van der Waals surface area contributed by atoms with Crippen LogP contribution in [0.2, 0.25) is 0 Å². The number of aliphatic hydroxyl groups is 1. The first-order chi connectivity index (χ1) is 19.4. The van der Waals surface area contributed by atoms with Gasteiger partial charge in [-0.15, -0.1) is 0 Å². The van der Waals surface area contributed by atoms with Gasteiger partial charge in [0.25, 0.3) is 5.91 Å². The Kier molecular flexibility index (Phi) is 7.83. The van der Waals surface area contributed by atoms with E-state index in [0.29, 0.717) is 18.7 Å². The molecule has 3 N–H and O–H groups in total. The van der Waals surface area contributed by atoms with E-state index in [-0.39, 0.29) is 37.0 Å². The van der Waals surface area contributed by atoms with Crippen molar-refractivity contribution in [2.75, 3.05) is 53.0 Å². The van der Waals surface area contributed by atoms with Gasteiger partial charge < -0.3 is 30.4 Å². The summed E-state index contributed by atoms with van der Waals surface area (Å²) in [5, 5.41) is 15.6. The van der Waals surface area contributed by atoms with Crippen molar-refractivity contribution in [3.05, 3.63) is 83.2 Å². The van der Waals surface area contributed by atoms with Crippen molar-refractivity contribution in [1.82, 2.24) is 5.32 Å². The van der Waals surface area contributed by atoms with Gasteiger partial charge in [-0.05, 0) is 60.9 Å². The van der Waals surface area contributed by atoms with Gasteiger partial charge >= 0.3 is 6.09 Å². The Morgan fingerprint density at radius 1 is 1.07 bits per heavy atom. The summed E-state index contributed by atoms with van der Waals surface area (Å²) in [5.41, 5.74) is 3.98. The Bertz CT molecular complexity index is 1450. The van der Waals surface area contributed by atoms with Crippen LogP contribution in [0.5, 0.6) is 0 Å². The van der Waals surface area contributed by atoms with Gasteiger partial charge in [-0.3, -0.25) is 9.59 Å². The maximum absolute atomic E-state index is 14.4. The lowest BCUT2D eigenvalue weighted by atomic mass is 10.0. The number of anilines is 4. The summed E-state index contributed by atoms with van der Waals surface area (Å²) in [6.45, 7) is 3.42. The second-order valence-electron chi connectivity index (χ2n) is 9.60. The van der Waals surface area contributed by atoms with Crippen molar-refractivity contribution in [2.24, 2.45) is 0 Å². The number of hydroxylamine groups is 1. The van der Waals surface area contributed by atoms with Crippen LogP contribution < -0.4 is 25.5 Å². The lowest BCUT2D eigenvalue weighted by Gasteiger charge is -2.29. The largest absolute Gasteiger partial charge is 0.431 e. The summed E-state index contributed by atoms with van der Waals surface area (Å²) in [6.07, 6.45) is -0.0895. The molecule has 0 atom stereocenters. The van der Waals surface area contributed by atoms with Crippen LogP contribution >= 0.6 is 0 Å². The molecular formula is C29H30FN5O5. The molecule has 10 nitrogen and oxygen atoms in total. The van der Waals surface area contributed by atoms with Crippen molar-refractivity contribution >= 4 is 40.7 Å². The molecule has 0 bridgehead atoms. The zero-order chi connectivity index (χ0) is 28.2. The van der Waals surface area contributed by atoms with Crippen LogP contribution in [-0.4, -0.2) is 55.8 Å². The second kappa shape index (κ2) is 11.6. The van der Waals surface area contributed by atoms with Crippen LogP contribution in [0.3, 0.4) is 0 Å². The monoisotopic (exact) mass is 547 g/mol. The number of carbonyl (C=O) groups is 3. The number of aliphatic hydroxyl groups excluding tert-OH is 1. The van der Waals surface area contributed by atoms with E-state index in [1.165, 1.54) is 18.2 Å². The van der Waals surface area contributed by atoms with Gasteiger partial charge in [-0.1, -0.05) is 24.3 Å². The molecule has 0 saturated heterocycles. The van der Waals surface area contributed by atoms with E-state index in [2.05, 4.69) is 15.5 Å². The third-order valence-electron chi connectivity index (χ3n) is 6.94. The van der Waals surface area contributed by atoms with Crippen molar-refractivity contribution in [2.45, 2.75) is 19.9 Å². The summed E-state index contributed by atoms with van der Waals surface area (Å²) in [6, 6.07) is 17.1. The predicted octanol–water partition coefficient (Wildman–Crippen LogP) is 3.58. The minimum absolute atomic E-state index is 0.0223. The van der Waals surface area contributed by atoms with E-state index in [0.717, 1.165) is 40.5 Å². The number of halogens is 1. The van der Waals surface area contributed by atoms with Crippen LogP contribution in [0.1, 0.15) is 27.9 Å². The lowest BCUT2D eigenvalue weighted by molar-refractivity contribution is -0.116. The number of hydrogen-bond acceptors (Lipinski definition) is 7. The topological polar surface area (TPSA) is 114 Å². The van der Waals surface area contributed by atoms with Crippen molar-refractivity contribution < 1.29 is 28.7 Å². The van der Waals surface area contributed by atoms with Gasteiger partial charge in [0.05, 0.1) is 23.7 Å². The third kappa shape index (κ3) is 5.55. The molecule has 3 aromatic rings. The second-order valence-corrected chi connectivity index (χ2v) is 9.60. The molecule has 0 aliphatic carbocycles. The van der Waals surface area contributed by atoms with Gasteiger partial charge in [-0.25, -0.2) is 9.18 Å². The lowest BCUT2D eigenvalue weighted by Crippen LogP contribution is -2.42. The molecule has 0 aromatic heterocycles. The van der Waals surface area contributed by atoms with Crippen LogP contribution in [0.15, 0.2) is 60.7 Å². The SMILES string of the molecule is Cc1cc(C(=O)N2CCCN(CCO)c3ccccc32)ccc1CNC(=O)ON1CC(=O)Nc2cccc(F)c21. The number of para-hydroxylation sites is 3. The van der Waals surface area contributed by atoms with Crippen LogP contribution in [-0.2, 0) is 16.2 Å². The highest BCUT2D eigenvalue weighted by Gasteiger charge is 2.29. The highest BCUT2D eigenvalue weighted by molar-refractivity contribution is 6.08. The summed E-state index contributed by atoms with van der Waals surface area (Å²) in [5.74, 6) is -1.20. The fourth-order valence-corrected chi connectivity index (χ4v) is 5.01. The quantitative estimate of drug-likeness (QED) is 0.432. The number of amides is 3. The van der Waals surface area contributed by atoms with E-state index in [4.69, 9.17) is 4.84 Å². The van der Waals surface area contributed by atoms with E-state index in [1.54, 1.807) is 23.1 Å². The predicted molar refractivity (Wildman–Crippen MR) is 149 cm³/mol. The normalized spacial score (nSPS) is 14.6. The zero-order valence-corrected chi connectivity index (χ0v) is 22.0. The summed E-state index contributed by atoms with van der Waals surface area (Å²) in [4.78, 5) is 47.2. The Morgan fingerprint density at radius 2 is 1.88 bits per heavy atom. The summed E-state index contributed by atoms with van der Waals surface area (Å²) in [7, 11) is 0. The van der Waals surface area contributed by atoms with E-state index >= 15 is 0 Å². The minimum atomic E-state index is -0.850. The average Bonchev–Trinajstić information content (AvgIpc) is 3.11. The smallest absolute Gasteiger partial charge is 0.395 e. The van der Waals surface area contributed by atoms with E-state index < -0.39 is 17.8 Å². The molecule has 40 heavy (non-hydrogen) atoms. The fraction of sp³-hybridized carbons (Fsp3) is 0.276. The number of fused-ring (bicyclic) bond motifs is 2. The molecular weight excluding hydrogens is 517 g/mol. The van der Waals surface area contributed by atoms with Crippen molar-refractivity contribution in [3.63, 3.8) is 0 Å². The minimum Gasteiger partial charge on any atom is -0.395 e. The highest BCUT2D eigenvalue weighted by Crippen LogP contribution is 2.34. The molecule has 11 heteroatoms. The molecule has 2 aliphatic heterocycles. The maximum atomic E-state index is 14.4. The number of β-amino-alcohol motifs (C(OH)–C–C–N with tert-alkyl or cyclic N) is 1. The van der Waals surface area contributed by atoms with Gasteiger partial charge in [0, 0.05) is 31.7 Å². The number of carbonyl (C=O) groups excluding carboxylic acids is 3. The number of benzene rings is 3. The van der Waals surface area contributed by atoms with Gasteiger partial charge in [-0.2, -0.15) is 5.06 Å². The molecule has 3 amide bonds. The van der Waals surface area contributed by atoms with Gasteiger partial charge in [0.2, 0.25) is 5.91 Å². The number of rotatable bonds is 6. The maximum Gasteiger partial charge on any atom is 0.431 e. The molecule has 0 unspecified atom stereocenters. The van der Waals surface area contributed by atoms with Crippen LogP contribution in [0.4, 0.5) is 31.9 Å². The van der Waals surface area contributed by atoms with Gasteiger partial charge in [0.15, 0.2) is 5.82 Å². The Labute approximate surface area is 230 Å². The standard InChI is InChI=1S/C29H30FN5O5/c1-19-16-20(28(38)34-13-5-12-33(14-15-36)24-8-2-3-9-25(24)34)10-11-21(19)17-31-29(39)40-35-18-26(37)32-23-7-4-6-22(30)27(23)35/h2-4,6-11,16,36H,5,12-15,17-18H2,1H3,(H,31,39)(H,32,37). The Hall–Kier alpha value is -4.64. The first kappa shape index (κ1) is 26.9. The molecule has 0 spiro atoms. The molecule has 0 saturated carbocycles. The van der Waals surface area contributed by atoms with Crippen molar-refractivity contribution in [1.29, 1.82) is 0 Å². The Morgan fingerprint density at radius 3 is 2.65 bits per heavy atom. The molecule has 0 fully saturated rings. The fourth-order valence-electron chi connectivity index (χ4n) is 5.01. The summed E-state index contributed by atoms with van der Waals surface area (Å²) >= 11 is 0. The number of hydrogen-bond donors (Lipinski definition) is 3. The van der Waals surface area contributed by atoms with Gasteiger partial charge in [0.1, 0.15) is 12.2 Å². The molecule has 0 radical (unpaired) electrons.